The lowest BCUT2D eigenvalue weighted by atomic mass is 9.96. The molecule has 1 aliphatic carbocycles. The van der Waals surface area contributed by atoms with Crippen LogP contribution in [0.5, 0.6) is 0 Å². The largest absolute Gasteiger partial charge is 0.461 e. The molecule has 9 heteroatoms. The fourth-order valence-electron chi connectivity index (χ4n) is 5.79. The van der Waals surface area contributed by atoms with Crippen molar-refractivity contribution in [1.82, 2.24) is 9.88 Å². The lowest BCUT2D eigenvalue weighted by Gasteiger charge is -2.22. The number of nitrogens with zero attached hydrogens (tertiary/aromatic N) is 1. The van der Waals surface area contributed by atoms with Crippen LogP contribution in [0.15, 0.2) is 65.5 Å². The topological polar surface area (TPSA) is 60.3 Å². The highest BCUT2D eigenvalue weighted by Gasteiger charge is 2.26. The molecule has 1 heterocycles. The van der Waals surface area contributed by atoms with Gasteiger partial charge in [0.2, 0.25) is 0 Å². The van der Waals surface area contributed by atoms with Crippen LogP contribution in [0.1, 0.15) is 51.5 Å². The van der Waals surface area contributed by atoms with Crippen LogP contribution in [0.3, 0.4) is 0 Å². The van der Waals surface area contributed by atoms with Gasteiger partial charge in [-0.2, -0.15) is 0 Å². The normalized spacial score (nSPS) is 14.5. The van der Waals surface area contributed by atoms with Gasteiger partial charge in [0.1, 0.15) is 35.3 Å². The van der Waals surface area contributed by atoms with Crippen LogP contribution in [-0.4, -0.2) is 29.2 Å². The first-order chi connectivity index (χ1) is 20.6. The summed E-state index contributed by atoms with van der Waals surface area (Å²) >= 11 is 6.46. The number of nitrogens with one attached hydrogen (secondary N) is 1. The van der Waals surface area contributed by atoms with Crippen molar-refractivity contribution in [2.45, 2.75) is 64.5 Å². The average Bonchev–Trinajstić information content (AvgIpc) is 3.46. The summed E-state index contributed by atoms with van der Waals surface area (Å²) in [4.78, 5) is 26.1. The lowest BCUT2D eigenvalue weighted by molar-refractivity contribution is -0.151. The summed E-state index contributed by atoms with van der Waals surface area (Å²) in [7, 11) is 0. The van der Waals surface area contributed by atoms with Crippen molar-refractivity contribution in [3.8, 4) is 16.8 Å². The van der Waals surface area contributed by atoms with Gasteiger partial charge in [-0.1, -0.05) is 37.6 Å². The van der Waals surface area contributed by atoms with Gasteiger partial charge in [0, 0.05) is 17.0 Å². The third-order valence-electron chi connectivity index (χ3n) is 7.84. The van der Waals surface area contributed by atoms with E-state index in [2.05, 4.69) is 5.32 Å². The zero-order valence-corrected chi connectivity index (χ0v) is 24.9. The molecule has 5 rings (SSSR count). The third-order valence-corrected chi connectivity index (χ3v) is 8.15. The molecule has 0 bridgehead atoms. The number of fused-ring (bicyclic) bond motifs is 1. The number of ether oxygens (including phenoxy) is 1. The van der Waals surface area contributed by atoms with E-state index in [4.69, 9.17) is 16.3 Å². The number of esters is 1. The number of hydrogen-bond donors (Lipinski definition) is 1. The van der Waals surface area contributed by atoms with Gasteiger partial charge in [0.15, 0.2) is 0 Å². The van der Waals surface area contributed by atoms with Crippen LogP contribution in [0.25, 0.3) is 27.7 Å². The summed E-state index contributed by atoms with van der Waals surface area (Å²) in [6, 6.07) is 13.3. The molecule has 5 nitrogen and oxygen atoms in total. The SMILES string of the molecule is CC(C)C[C@H](NCCc1cc(-c2ccc(F)cc2Cl)c2ccc(=O)n(-c3c(F)cccc3F)c2c1)C(=O)OC1CCCC1. The minimum absolute atomic E-state index is 0.0389. The molecule has 0 spiro atoms. The molecule has 0 unspecified atom stereocenters. The molecule has 4 aromatic rings. The van der Waals surface area contributed by atoms with Gasteiger partial charge in [-0.3, -0.25) is 14.2 Å². The van der Waals surface area contributed by atoms with Crippen LogP contribution in [-0.2, 0) is 16.0 Å². The van der Waals surface area contributed by atoms with Gasteiger partial charge < -0.3 is 10.1 Å². The number of pyridine rings is 1. The minimum Gasteiger partial charge on any atom is -0.461 e. The van der Waals surface area contributed by atoms with Crippen LogP contribution >= 0.6 is 11.6 Å². The van der Waals surface area contributed by atoms with E-state index in [0.717, 1.165) is 47.9 Å². The molecule has 226 valence electrons. The molecular formula is C34H34ClF3N2O3. The predicted molar refractivity (Wildman–Crippen MR) is 163 cm³/mol. The Morgan fingerprint density at radius 1 is 1.00 bits per heavy atom. The molecule has 43 heavy (non-hydrogen) atoms. The standard InChI is InChI=1S/C34H34ClF3N2O3/c1-20(2)16-30(34(42)43-23-6-3-4-7-23)39-15-14-21-17-26(24-11-10-22(36)19-27(24)35)25-12-13-32(41)40(31(25)18-21)33-28(37)8-5-9-29(33)38/h5,8-13,17-20,23,30,39H,3-4,6-7,14-16H2,1-2H3/t30-/m0/s1. The number of para-hydroxylation sites is 1. The van der Waals surface area contributed by atoms with Crippen molar-refractivity contribution in [3.05, 3.63) is 99.1 Å². The maximum Gasteiger partial charge on any atom is 0.323 e. The van der Waals surface area contributed by atoms with Gasteiger partial charge in [-0.05, 0) is 105 Å². The molecule has 3 aromatic carbocycles. The maximum atomic E-state index is 15.0. The Morgan fingerprint density at radius 2 is 1.72 bits per heavy atom. The van der Waals surface area contributed by atoms with E-state index in [1.165, 1.54) is 30.3 Å². The zero-order chi connectivity index (χ0) is 30.7. The second-order valence-corrected chi connectivity index (χ2v) is 11.9. The minimum atomic E-state index is -0.889. The highest BCUT2D eigenvalue weighted by molar-refractivity contribution is 6.33. The lowest BCUT2D eigenvalue weighted by Crippen LogP contribution is -2.41. The first-order valence-corrected chi connectivity index (χ1v) is 15.0. The Kier molecular flexibility index (Phi) is 9.57. The van der Waals surface area contributed by atoms with E-state index in [0.29, 0.717) is 35.9 Å². The maximum absolute atomic E-state index is 15.0. The summed E-state index contributed by atoms with van der Waals surface area (Å²) in [5, 5.41) is 3.99. The van der Waals surface area contributed by atoms with E-state index in [1.807, 2.05) is 19.9 Å². The summed E-state index contributed by atoms with van der Waals surface area (Å²) in [6.07, 6.45) is 4.87. The molecule has 1 aliphatic rings. The zero-order valence-electron chi connectivity index (χ0n) is 24.1. The highest BCUT2D eigenvalue weighted by Crippen LogP contribution is 2.36. The van der Waals surface area contributed by atoms with E-state index >= 15 is 0 Å². The number of rotatable bonds is 10. The molecule has 0 aliphatic heterocycles. The number of halogens is 4. The van der Waals surface area contributed by atoms with E-state index < -0.39 is 34.7 Å². The highest BCUT2D eigenvalue weighted by atomic mass is 35.5. The first-order valence-electron chi connectivity index (χ1n) is 14.6. The number of hydrogen-bond acceptors (Lipinski definition) is 4. The molecule has 0 amide bonds. The average molecular weight is 611 g/mol. The number of benzene rings is 3. The molecule has 0 saturated heterocycles. The molecule has 1 N–H and O–H groups in total. The second-order valence-electron chi connectivity index (χ2n) is 11.5. The molecular weight excluding hydrogens is 577 g/mol. The summed E-state index contributed by atoms with van der Waals surface area (Å²) in [6.45, 7) is 4.48. The van der Waals surface area contributed by atoms with Gasteiger partial charge in [0.25, 0.3) is 5.56 Å². The van der Waals surface area contributed by atoms with Crippen LogP contribution in [0, 0.1) is 23.4 Å². The van der Waals surface area contributed by atoms with Crippen LogP contribution in [0.2, 0.25) is 5.02 Å². The van der Waals surface area contributed by atoms with E-state index in [-0.39, 0.29) is 28.5 Å². The van der Waals surface area contributed by atoms with Crippen molar-refractivity contribution in [3.63, 3.8) is 0 Å². The first kappa shape index (κ1) is 30.8. The Labute approximate surface area is 253 Å². The second kappa shape index (κ2) is 13.3. The van der Waals surface area contributed by atoms with Crippen molar-refractivity contribution < 1.29 is 22.7 Å². The summed E-state index contributed by atoms with van der Waals surface area (Å²) < 4.78 is 50.7. The Hall–Kier alpha value is -3.62. The predicted octanol–water partition coefficient (Wildman–Crippen LogP) is 7.76. The molecule has 1 fully saturated rings. The summed E-state index contributed by atoms with van der Waals surface area (Å²) in [5.74, 6) is -2.29. The molecule has 1 atom stereocenters. The van der Waals surface area contributed by atoms with Crippen molar-refractivity contribution >= 4 is 28.5 Å². The Balaban J connectivity index is 1.55. The van der Waals surface area contributed by atoms with E-state index in [9.17, 15) is 22.8 Å². The van der Waals surface area contributed by atoms with Crippen LogP contribution in [0.4, 0.5) is 13.2 Å². The van der Waals surface area contributed by atoms with Crippen LogP contribution < -0.4 is 10.9 Å². The molecule has 1 aromatic heterocycles. The third kappa shape index (κ3) is 6.97. The van der Waals surface area contributed by atoms with Gasteiger partial charge in [0.05, 0.1) is 10.5 Å². The van der Waals surface area contributed by atoms with Gasteiger partial charge in [-0.15, -0.1) is 0 Å². The Morgan fingerprint density at radius 3 is 2.40 bits per heavy atom. The van der Waals surface area contributed by atoms with E-state index in [1.54, 1.807) is 12.1 Å². The monoisotopic (exact) mass is 610 g/mol. The molecule has 1 saturated carbocycles. The number of carbonyl (C=O) groups is 1. The van der Waals surface area contributed by atoms with Gasteiger partial charge in [-0.25, -0.2) is 13.2 Å². The Bertz CT molecular complexity index is 1680. The fraction of sp³-hybridized carbons (Fsp3) is 0.353. The fourth-order valence-corrected chi connectivity index (χ4v) is 6.06. The van der Waals surface area contributed by atoms with Crippen molar-refractivity contribution in [2.24, 2.45) is 5.92 Å². The number of carbonyl (C=O) groups excluding carboxylic acids is 1. The summed E-state index contributed by atoms with van der Waals surface area (Å²) in [5.41, 5.74) is 0.954. The van der Waals surface area contributed by atoms with Gasteiger partial charge >= 0.3 is 5.97 Å². The van der Waals surface area contributed by atoms with Crippen molar-refractivity contribution in [1.29, 1.82) is 0 Å². The number of aromatic nitrogens is 1. The smallest absolute Gasteiger partial charge is 0.323 e. The van der Waals surface area contributed by atoms with Crippen molar-refractivity contribution in [2.75, 3.05) is 6.54 Å². The quantitative estimate of drug-likeness (QED) is 0.186. The molecule has 0 radical (unpaired) electrons.